The van der Waals surface area contributed by atoms with Crippen LogP contribution in [0.5, 0.6) is 0 Å². The molecule has 0 spiro atoms. The molecule has 0 atom stereocenters. The van der Waals surface area contributed by atoms with Gasteiger partial charge < -0.3 is 10.4 Å². The van der Waals surface area contributed by atoms with Crippen molar-refractivity contribution in [3.8, 4) is 0 Å². The SMILES string of the molecule is Cl.OCCNCc1cccc(F)c1. The number of nitrogens with one attached hydrogen (secondary N) is 1. The smallest absolute Gasteiger partial charge is 0.123 e. The number of rotatable bonds is 4. The highest BCUT2D eigenvalue weighted by molar-refractivity contribution is 5.85. The zero-order chi connectivity index (χ0) is 8.81. The predicted molar refractivity (Wildman–Crippen MR) is 52.4 cm³/mol. The Labute approximate surface area is 83.2 Å². The quantitative estimate of drug-likeness (QED) is 0.727. The molecule has 13 heavy (non-hydrogen) atoms. The third-order valence-electron chi connectivity index (χ3n) is 1.51. The lowest BCUT2D eigenvalue weighted by Gasteiger charge is -2.01. The van der Waals surface area contributed by atoms with E-state index in [1.807, 2.05) is 6.07 Å². The maximum Gasteiger partial charge on any atom is 0.123 e. The van der Waals surface area contributed by atoms with Crippen LogP contribution >= 0.6 is 12.4 Å². The fourth-order valence-corrected chi connectivity index (χ4v) is 0.959. The second-order valence-corrected chi connectivity index (χ2v) is 2.53. The molecule has 0 heterocycles. The highest BCUT2D eigenvalue weighted by Crippen LogP contribution is 2.02. The first-order valence-corrected chi connectivity index (χ1v) is 3.89. The summed E-state index contributed by atoms with van der Waals surface area (Å²) in [6.07, 6.45) is 0. The van der Waals surface area contributed by atoms with Gasteiger partial charge in [0.15, 0.2) is 0 Å². The summed E-state index contributed by atoms with van der Waals surface area (Å²) in [5.41, 5.74) is 0.892. The Morgan fingerprint density at radius 1 is 1.38 bits per heavy atom. The monoisotopic (exact) mass is 205 g/mol. The van der Waals surface area contributed by atoms with Gasteiger partial charge in [-0.05, 0) is 17.7 Å². The number of halogens is 2. The molecule has 4 heteroatoms. The van der Waals surface area contributed by atoms with Crippen LogP contribution in [0.15, 0.2) is 24.3 Å². The Morgan fingerprint density at radius 3 is 2.77 bits per heavy atom. The Hall–Kier alpha value is -0.640. The van der Waals surface area contributed by atoms with Crippen molar-refractivity contribution in [3.05, 3.63) is 35.6 Å². The standard InChI is InChI=1S/C9H12FNO.ClH/c10-9-3-1-2-8(6-9)7-11-4-5-12;/h1-3,6,11-12H,4-5,7H2;1H. The first kappa shape index (κ1) is 12.4. The summed E-state index contributed by atoms with van der Waals surface area (Å²) >= 11 is 0. The van der Waals surface area contributed by atoms with Gasteiger partial charge in [-0.1, -0.05) is 12.1 Å². The van der Waals surface area contributed by atoms with E-state index in [1.165, 1.54) is 12.1 Å². The molecule has 0 radical (unpaired) electrons. The molecule has 0 aliphatic heterocycles. The van der Waals surface area contributed by atoms with Crippen molar-refractivity contribution < 1.29 is 9.50 Å². The molecule has 74 valence electrons. The maximum absolute atomic E-state index is 12.6. The van der Waals surface area contributed by atoms with Gasteiger partial charge in [0.2, 0.25) is 0 Å². The van der Waals surface area contributed by atoms with Gasteiger partial charge in [-0.25, -0.2) is 4.39 Å². The molecule has 0 amide bonds. The fraction of sp³-hybridized carbons (Fsp3) is 0.333. The molecule has 0 aliphatic carbocycles. The molecular weight excluding hydrogens is 193 g/mol. The highest BCUT2D eigenvalue weighted by Gasteiger charge is 1.93. The molecule has 0 bridgehead atoms. The van der Waals surface area contributed by atoms with Crippen molar-refractivity contribution in [2.75, 3.05) is 13.2 Å². The first-order chi connectivity index (χ1) is 5.83. The van der Waals surface area contributed by atoms with Gasteiger partial charge in [-0.3, -0.25) is 0 Å². The Kier molecular flexibility index (Phi) is 6.49. The minimum absolute atomic E-state index is 0. The molecule has 0 saturated heterocycles. The van der Waals surface area contributed by atoms with E-state index in [4.69, 9.17) is 5.11 Å². The van der Waals surface area contributed by atoms with Gasteiger partial charge in [0.1, 0.15) is 5.82 Å². The van der Waals surface area contributed by atoms with E-state index in [2.05, 4.69) is 5.32 Å². The average Bonchev–Trinajstić information content (AvgIpc) is 2.05. The van der Waals surface area contributed by atoms with Gasteiger partial charge in [-0.2, -0.15) is 0 Å². The normalized spacial score (nSPS) is 9.38. The van der Waals surface area contributed by atoms with Crippen LogP contribution in [0.3, 0.4) is 0 Å². The lowest BCUT2D eigenvalue weighted by atomic mass is 10.2. The molecular formula is C9H13ClFNO. The Balaban J connectivity index is 0.00000144. The molecule has 2 nitrogen and oxygen atoms in total. The van der Waals surface area contributed by atoms with Crippen LogP contribution in [0.25, 0.3) is 0 Å². The summed E-state index contributed by atoms with van der Waals surface area (Å²) in [5, 5.41) is 11.4. The highest BCUT2D eigenvalue weighted by atomic mass is 35.5. The third-order valence-corrected chi connectivity index (χ3v) is 1.51. The van der Waals surface area contributed by atoms with Gasteiger partial charge >= 0.3 is 0 Å². The van der Waals surface area contributed by atoms with E-state index in [9.17, 15) is 4.39 Å². The largest absolute Gasteiger partial charge is 0.395 e. The summed E-state index contributed by atoms with van der Waals surface area (Å²) in [7, 11) is 0. The Bertz CT molecular complexity index is 245. The van der Waals surface area contributed by atoms with Gasteiger partial charge in [-0.15, -0.1) is 12.4 Å². The zero-order valence-electron chi connectivity index (χ0n) is 7.16. The van der Waals surface area contributed by atoms with Gasteiger partial charge in [0, 0.05) is 13.1 Å². The molecule has 2 N–H and O–H groups in total. The van der Waals surface area contributed by atoms with Crippen molar-refractivity contribution in [3.63, 3.8) is 0 Å². The van der Waals surface area contributed by atoms with Crippen molar-refractivity contribution in [1.29, 1.82) is 0 Å². The number of benzene rings is 1. The topological polar surface area (TPSA) is 32.3 Å². The second-order valence-electron chi connectivity index (χ2n) is 2.53. The van der Waals surface area contributed by atoms with E-state index in [0.29, 0.717) is 13.1 Å². The Morgan fingerprint density at radius 2 is 2.15 bits per heavy atom. The number of hydrogen-bond donors (Lipinski definition) is 2. The van der Waals surface area contributed by atoms with E-state index >= 15 is 0 Å². The second kappa shape index (κ2) is 6.83. The predicted octanol–water partition coefficient (Wildman–Crippen LogP) is 1.33. The van der Waals surface area contributed by atoms with Crippen LogP contribution in [-0.4, -0.2) is 18.3 Å². The molecule has 0 aromatic heterocycles. The molecule has 0 saturated carbocycles. The van der Waals surface area contributed by atoms with E-state index in [1.54, 1.807) is 6.07 Å². The lowest BCUT2D eigenvalue weighted by molar-refractivity contribution is 0.292. The number of aliphatic hydroxyl groups is 1. The van der Waals surface area contributed by atoms with Crippen LogP contribution in [0.4, 0.5) is 4.39 Å². The molecule has 0 fully saturated rings. The fourth-order valence-electron chi connectivity index (χ4n) is 0.959. The van der Waals surface area contributed by atoms with E-state index < -0.39 is 0 Å². The minimum atomic E-state index is -0.224. The van der Waals surface area contributed by atoms with E-state index in [0.717, 1.165) is 5.56 Å². The average molecular weight is 206 g/mol. The van der Waals surface area contributed by atoms with Crippen molar-refractivity contribution in [2.45, 2.75) is 6.54 Å². The summed E-state index contributed by atoms with van der Waals surface area (Å²) in [6.45, 7) is 1.24. The van der Waals surface area contributed by atoms with Crippen molar-refractivity contribution in [2.24, 2.45) is 0 Å². The van der Waals surface area contributed by atoms with Crippen LogP contribution in [0.2, 0.25) is 0 Å². The summed E-state index contributed by atoms with van der Waals surface area (Å²) in [4.78, 5) is 0. The molecule has 0 aliphatic rings. The summed E-state index contributed by atoms with van der Waals surface area (Å²) in [6, 6.07) is 6.40. The van der Waals surface area contributed by atoms with E-state index in [-0.39, 0.29) is 24.8 Å². The van der Waals surface area contributed by atoms with Gasteiger partial charge in [0.25, 0.3) is 0 Å². The summed E-state index contributed by atoms with van der Waals surface area (Å²) < 4.78 is 12.6. The molecule has 1 aromatic rings. The minimum Gasteiger partial charge on any atom is -0.395 e. The van der Waals surface area contributed by atoms with Crippen molar-refractivity contribution >= 4 is 12.4 Å². The van der Waals surface area contributed by atoms with Crippen LogP contribution in [0.1, 0.15) is 5.56 Å². The van der Waals surface area contributed by atoms with Crippen LogP contribution in [-0.2, 0) is 6.54 Å². The molecule has 1 aromatic carbocycles. The van der Waals surface area contributed by atoms with Crippen molar-refractivity contribution in [1.82, 2.24) is 5.32 Å². The van der Waals surface area contributed by atoms with Gasteiger partial charge in [0.05, 0.1) is 6.61 Å². The third kappa shape index (κ3) is 4.83. The first-order valence-electron chi connectivity index (χ1n) is 3.89. The molecule has 1 rings (SSSR count). The number of aliphatic hydroxyl groups excluding tert-OH is 1. The van der Waals surface area contributed by atoms with Crippen LogP contribution in [0, 0.1) is 5.82 Å². The molecule has 0 unspecified atom stereocenters. The summed E-state index contributed by atoms with van der Waals surface area (Å²) in [5.74, 6) is -0.224. The van der Waals surface area contributed by atoms with Crippen LogP contribution < -0.4 is 5.32 Å². The lowest BCUT2D eigenvalue weighted by Crippen LogP contribution is -2.17. The number of hydrogen-bond acceptors (Lipinski definition) is 2. The zero-order valence-corrected chi connectivity index (χ0v) is 7.98. The maximum atomic E-state index is 12.6.